The third-order valence-electron chi connectivity index (χ3n) is 2.58. The van der Waals surface area contributed by atoms with E-state index in [-0.39, 0.29) is 5.91 Å². The lowest BCUT2D eigenvalue weighted by Gasteiger charge is -2.05. The summed E-state index contributed by atoms with van der Waals surface area (Å²) in [6.45, 7) is 2.02. The van der Waals surface area contributed by atoms with Gasteiger partial charge >= 0.3 is 0 Å². The van der Waals surface area contributed by atoms with Crippen LogP contribution in [0.25, 0.3) is 0 Å². The van der Waals surface area contributed by atoms with Crippen molar-refractivity contribution >= 4 is 22.4 Å². The quantitative estimate of drug-likeness (QED) is 0.818. The van der Waals surface area contributed by atoms with Crippen molar-refractivity contribution in [3.63, 3.8) is 0 Å². The van der Waals surface area contributed by atoms with E-state index in [0.717, 1.165) is 24.3 Å². The van der Waals surface area contributed by atoms with E-state index in [1.165, 1.54) is 11.3 Å². The van der Waals surface area contributed by atoms with Crippen LogP contribution in [0.5, 0.6) is 0 Å². The number of amides is 1. The van der Waals surface area contributed by atoms with Crippen molar-refractivity contribution in [2.24, 2.45) is 5.92 Å². The molecule has 0 aliphatic heterocycles. The van der Waals surface area contributed by atoms with Crippen LogP contribution in [0.3, 0.4) is 0 Å². The maximum atomic E-state index is 11.7. The molecule has 0 spiro atoms. The fourth-order valence-electron chi connectivity index (χ4n) is 1.72. The molecule has 1 aliphatic carbocycles. The first-order valence-corrected chi connectivity index (χ1v) is 6.38. The molecule has 1 aromatic rings. The zero-order chi connectivity index (χ0) is 11.4. The predicted octanol–water partition coefficient (Wildman–Crippen LogP) is 2.40. The van der Waals surface area contributed by atoms with Gasteiger partial charge in [0.25, 0.3) is 0 Å². The second kappa shape index (κ2) is 5.21. The summed E-state index contributed by atoms with van der Waals surface area (Å²) in [7, 11) is 0. The smallest absolute Gasteiger partial charge is 0.226 e. The molecule has 5 heteroatoms. The Morgan fingerprint density at radius 1 is 1.62 bits per heavy atom. The molecule has 2 rings (SSSR count). The highest BCUT2D eigenvalue weighted by atomic mass is 32.1. The number of nitrogens with one attached hydrogen (secondary N) is 1. The summed E-state index contributed by atoms with van der Waals surface area (Å²) < 4.78 is 0. The number of carbonyl (C=O) groups is 1. The molecule has 1 aliphatic rings. The largest absolute Gasteiger partial charge is 0.301 e. The Kier molecular flexibility index (Phi) is 3.66. The summed E-state index contributed by atoms with van der Waals surface area (Å²) in [4.78, 5) is 11.7. The highest BCUT2D eigenvalue weighted by molar-refractivity contribution is 7.15. The number of carbonyl (C=O) groups excluding carboxylic acids is 1. The summed E-state index contributed by atoms with van der Waals surface area (Å²) in [5.41, 5.74) is 0. The van der Waals surface area contributed by atoms with Crippen LogP contribution in [0.2, 0.25) is 0 Å². The van der Waals surface area contributed by atoms with E-state index < -0.39 is 0 Å². The van der Waals surface area contributed by atoms with Crippen LogP contribution in [0.1, 0.15) is 31.2 Å². The molecule has 16 heavy (non-hydrogen) atoms. The summed E-state index contributed by atoms with van der Waals surface area (Å²) in [5, 5.41) is 12.2. The van der Waals surface area contributed by atoms with Gasteiger partial charge in [0, 0.05) is 6.42 Å². The lowest BCUT2D eigenvalue weighted by atomic mass is 10.1. The van der Waals surface area contributed by atoms with E-state index in [0.29, 0.717) is 17.5 Å². The van der Waals surface area contributed by atoms with E-state index in [1.807, 2.05) is 6.92 Å². The normalized spacial score (nSPS) is 18.9. The van der Waals surface area contributed by atoms with Crippen molar-refractivity contribution < 1.29 is 4.79 Å². The SMILES string of the molecule is CCc1nnc(NC(=O)CC2C=CCC2)s1. The summed E-state index contributed by atoms with van der Waals surface area (Å²) in [6, 6.07) is 0. The Bertz CT molecular complexity index is 400. The first-order chi connectivity index (χ1) is 7.78. The molecule has 0 bridgehead atoms. The second-order valence-electron chi connectivity index (χ2n) is 3.87. The molecule has 0 radical (unpaired) electrons. The maximum absolute atomic E-state index is 11.7. The fraction of sp³-hybridized carbons (Fsp3) is 0.545. The lowest BCUT2D eigenvalue weighted by molar-refractivity contribution is -0.116. The minimum absolute atomic E-state index is 0.0374. The van der Waals surface area contributed by atoms with Gasteiger partial charge in [-0.05, 0) is 25.2 Å². The fourth-order valence-corrected chi connectivity index (χ4v) is 2.42. The predicted molar refractivity (Wildman–Crippen MR) is 64.4 cm³/mol. The van der Waals surface area contributed by atoms with Gasteiger partial charge < -0.3 is 5.32 Å². The highest BCUT2D eigenvalue weighted by Gasteiger charge is 2.15. The van der Waals surface area contributed by atoms with Gasteiger partial charge in [-0.3, -0.25) is 4.79 Å². The second-order valence-corrected chi connectivity index (χ2v) is 4.93. The van der Waals surface area contributed by atoms with Gasteiger partial charge in [0.15, 0.2) is 0 Å². The molecule has 1 N–H and O–H groups in total. The molecule has 0 aromatic carbocycles. The van der Waals surface area contributed by atoms with E-state index in [2.05, 4.69) is 27.7 Å². The minimum atomic E-state index is 0.0374. The van der Waals surface area contributed by atoms with Crippen LogP contribution in [0.4, 0.5) is 5.13 Å². The van der Waals surface area contributed by atoms with Crippen LogP contribution in [0.15, 0.2) is 12.2 Å². The molecule has 1 unspecified atom stereocenters. The Balaban J connectivity index is 1.84. The Hall–Kier alpha value is -1.23. The third kappa shape index (κ3) is 2.88. The molecular formula is C11H15N3OS. The molecule has 4 nitrogen and oxygen atoms in total. The molecule has 0 fully saturated rings. The maximum Gasteiger partial charge on any atom is 0.226 e. The monoisotopic (exact) mass is 237 g/mol. The van der Waals surface area contributed by atoms with Crippen molar-refractivity contribution in [2.45, 2.75) is 32.6 Å². The number of hydrogen-bond donors (Lipinski definition) is 1. The molecule has 0 saturated heterocycles. The van der Waals surface area contributed by atoms with Gasteiger partial charge in [-0.25, -0.2) is 0 Å². The Labute approximate surface area is 98.8 Å². The number of aryl methyl sites for hydroxylation is 1. The first-order valence-electron chi connectivity index (χ1n) is 5.57. The molecule has 86 valence electrons. The Morgan fingerprint density at radius 2 is 2.50 bits per heavy atom. The number of anilines is 1. The molecule has 1 atom stereocenters. The average Bonchev–Trinajstić information content (AvgIpc) is 2.89. The van der Waals surface area contributed by atoms with Gasteiger partial charge in [-0.2, -0.15) is 0 Å². The van der Waals surface area contributed by atoms with E-state index in [1.54, 1.807) is 0 Å². The van der Waals surface area contributed by atoms with Crippen LogP contribution >= 0.6 is 11.3 Å². The molecule has 1 amide bonds. The lowest BCUT2D eigenvalue weighted by Crippen LogP contribution is -2.14. The van der Waals surface area contributed by atoms with E-state index >= 15 is 0 Å². The number of allylic oxidation sites excluding steroid dienone is 2. The van der Waals surface area contributed by atoms with Crippen molar-refractivity contribution in [2.75, 3.05) is 5.32 Å². The number of aromatic nitrogens is 2. The van der Waals surface area contributed by atoms with Gasteiger partial charge in [0.2, 0.25) is 11.0 Å². The molecule has 1 aromatic heterocycles. The molecule has 0 saturated carbocycles. The van der Waals surface area contributed by atoms with E-state index in [9.17, 15) is 4.79 Å². The zero-order valence-corrected chi connectivity index (χ0v) is 10.1. The van der Waals surface area contributed by atoms with Crippen molar-refractivity contribution in [1.29, 1.82) is 0 Å². The minimum Gasteiger partial charge on any atom is -0.301 e. The van der Waals surface area contributed by atoms with Crippen molar-refractivity contribution in [3.05, 3.63) is 17.2 Å². The van der Waals surface area contributed by atoms with Crippen LogP contribution in [-0.4, -0.2) is 16.1 Å². The summed E-state index contributed by atoms with van der Waals surface area (Å²) in [5.74, 6) is 0.439. The third-order valence-corrected chi connectivity index (χ3v) is 3.56. The van der Waals surface area contributed by atoms with Gasteiger partial charge in [-0.1, -0.05) is 30.4 Å². The topological polar surface area (TPSA) is 54.9 Å². The summed E-state index contributed by atoms with van der Waals surface area (Å²) in [6.07, 6.45) is 7.85. The van der Waals surface area contributed by atoms with Crippen LogP contribution < -0.4 is 5.32 Å². The van der Waals surface area contributed by atoms with E-state index in [4.69, 9.17) is 0 Å². The van der Waals surface area contributed by atoms with Gasteiger partial charge in [0.1, 0.15) is 5.01 Å². The zero-order valence-electron chi connectivity index (χ0n) is 9.27. The van der Waals surface area contributed by atoms with Crippen molar-refractivity contribution in [1.82, 2.24) is 10.2 Å². The van der Waals surface area contributed by atoms with Gasteiger partial charge in [0.05, 0.1) is 0 Å². The number of nitrogens with zero attached hydrogens (tertiary/aromatic N) is 2. The van der Waals surface area contributed by atoms with Crippen molar-refractivity contribution in [3.8, 4) is 0 Å². The number of rotatable bonds is 4. The van der Waals surface area contributed by atoms with Crippen LogP contribution in [-0.2, 0) is 11.2 Å². The summed E-state index contributed by atoms with van der Waals surface area (Å²) >= 11 is 1.45. The highest BCUT2D eigenvalue weighted by Crippen LogP contribution is 2.21. The molecule has 1 heterocycles. The molecular weight excluding hydrogens is 222 g/mol. The Morgan fingerprint density at radius 3 is 3.12 bits per heavy atom. The van der Waals surface area contributed by atoms with Gasteiger partial charge in [-0.15, -0.1) is 10.2 Å². The number of hydrogen-bond acceptors (Lipinski definition) is 4. The average molecular weight is 237 g/mol. The first kappa shape index (κ1) is 11.3. The standard InChI is InChI=1S/C11H15N3OS/c1-2-10-13-14-11(16-10)12-9(15)7-8-5-3-4-6-8/h3,5,8H,2,4,6-7H2,1H3,(H,12,14,15). The van der Waals surface area contributed by atoms with Crippen LogP contribution in [0, 0.1) is 5.92 Å².